The van der Waals surface area contributed by atoms with Crippen molar-refractivity contribution < 1.29 is 82.3 Å². The van der Waals surface area contributed by atoms with Crippen molar-refractivity contribution in [3.8, 4) is 0 Å². The van der Waals surface area contributed by atoms with Gasteiger partial charge in [0.15, 0.2) is 0 Å². The van der Waals surface area contributed by atoms with Gasteiger partial charge < -0.3 is 21.9 Å². The zero-order valence-electron chi connectivity index (χ0n) is 5.01. The van der Waals surface area contributed by atoms with Crippen LogP contribution < -0.4 is 46.3 Å². The Hall–Kier alpha value is 1.16. The molecule has 0 aromatic heterocycles. The van der Waals surface area contributed by atoms with Crippen LogP contribution in [0.2, 0.25) is 0 Å². The molecule has 0 bridgehead atoms. The molecule has 0 aromatic carbocycles. The third-order valence-electron chi connectivity index (χ3n) is 0. The van der Waals surface area contributed by atoms with E-state index in [4.69, 9.17) is 16.8 Å². The number of hydrogen-bond donors (Lipinski definition) is 0. The maximum atomic E-state index is 8.58. The summed E-state index contributed by atoms with van der Waals surface area (Å²) >= 11 is -5.62. The predicted molar refractivity (Wildman–Crippen MR) is 14.5 cm³/mol. The largest absolute Gasteiger partial charge is 1.00 e. The van der Waals surface area contributed by atoms with E-state index in [0.717, 1.165) is 0 Å². The third-order valence-corrected chi connectivity index (χ3v) is 0. The molecule has 64 valence electrons. The van der Waals surface area contributed by atoms with Crippen molar-refractivity contribution in [2.45, 2.75) is 0 Å². The fraction of sp³-hybridized carbons (Fsp3) is 0. The minimum Gasteiger partial charge on any atom is -0.412 e. The summed E-state index contributed by atoms with van der Waals surface area (Å²) in [5.41, 5.74) is 0. The monoisotopic (exact) mass is 238 g/mol. The maximum absolute atomic E-state index is 8.58. The molecule has 8 N–H and O–H groups in total. The molecule has 0 aliphatic carbocycles. The molecule has 0 spiro atoms. The van der Waals surface area contributed by atoms with E-state index in [0.29, 0.717) is 0 Å². The fourth-order valence-electron chi connectivity index (χ4n) is 0. The van der Waals surface area contributed by atoms with Gasteiger partial charge in [0, 0.05) is 0 Å². The quantitative estimate of drug-likeness (QED) is 0.375. The Morgan fingerprint density at radius 3 is 0.600 bits per heavy atom. The molecule has 8 nitrogen and oxygen atoms in total. The van der Waals surface area contributed by atoms with Gasteiger partial charge in [-0.15, -0.1) is 0 Å². The molecule has 0 saturated heterocycles. The van der Waals surface area contributed by atoms with Gasteiger partial charge in [-0.3, -0.25) is 16.8 Å². The van der Waals surface area contributed by atoms with Crippen LogP contribution in [-0.2, 0) is 0 Å². The topological polar surface area (TPSA) is 218 Å². The van der Waals surface area contributed by atoms with Gasteiger partial charge in [0.1, 0.15) is 0 Å². The predicted octanol–water partition coefficient (Wildman–Crippen LogP) is -11.1. The summed E-state index contributed by atoms with van der Waals surface area (Å²) < 4.78 is 34.3. The van der Waals surface area contributed by atoms with Crippen LogP contribution in [0.5, 0.6) is 0 Å². The zero-order chi connectivity index (χ0) is 4.50. The number of halogens is 1. The first-order chi connectivity index (χ1) is 2.00. The Kier molecular flexibility index (Phi) is 71.9. The Morgan fingerprint density at radius 1 is 0.600 bits per heavy atom. The second-order valence-electron chi connectivity index (χ2n) is 0.378. The molecule has 0 heterocycles. The van der Waals surface area contributed by atoms with Crippen LogP contribution >= 0.6 is 0 Å². The first-order valence-electron chi connectivity index (χ1n) is 0.617. The molecule has 0 radical (unpaired) electrons. The summed E-state index contributed by atoms with van der Waals surface area (Å²) in [6.07, 6.45) is 0. The van der Waals surface area contributed by atoms with Gasteiger partial charge in [-0.05, 0) is 0 Å². The van der Waals surface area contributed by atoms with Crippen molar-refractivity contribution in [3.05, 3.63) is 0 Å². The molecular formula is H8BrNaO8. The van der Waals surface area contributed by atoms with Gasteiger partial charge in [0.25, 0.3) is 0 Å². The molecule has 0 fully saturated rings. The van der Waals surface area contributed by atoms with Crippen molar-refractivity contribution in [2.24, 2.45) is 0 Å². The SMILES string of the molecule is O.O.O.O.[Na+].[O-][Br+3]([O-])([O-])[O-]. The van der Waals surface area contributed by atoms with Crippen LogP contribution in [0.3, 0.4) is 0 Å². The number of hydrogen-bond acceptors (Lipinski definition) is 4. The minimum atomic E-state index is -5.62. The summed E-state index contributed by atoms with van der Waals surface area (Å²) in [7, 11) is 0. The number of rotatable bonds is 0. The first-order valence-corrected chi connectivity index (χ1v) is 3.21. The van der Waals surface area contributed by atoms with Gasteiger partial charge in [0.2, 0.25) is 0 Å². The van der Waals surface area contributed by atoms with Gasteiger partial charge in [-0.1, -0.05) is 0 Å². The van der Waals surface area contributed by atoms with E-state index in [1.165, 1.54) is 0 Å². The maximum Gasteiger partial charge on any atom is 1.00 e. The van der Waals surface area contributed by atoms with Crippen molar-refractivity contribution in [3.63, 3.8) is 0 Å². The molecule has 0 aliphatic heterocycles. The van der Waals surface area contributed by atoms with Crippen LogP contribution in [0.4, 0.5) is 0 Å². The van der Waals surface area contributed by atoms with E-state index in [2.05, 4.69) is 0 Å². The average Bonchev–Trinajstić information content (AvgIpc) is 0.722. The van der Waals surface area contributed by atoms with E-state index in [1.54, 1.807) is 0 Å². The van der Waals surface area contributed by atoms with E-state index < -0.39 is 14.1 Å². The Bertz CT molecular complexity index is 24.7. The summed E-state index contributed by atoms with van der Waals surface area (Å²) in [4.78, 5) is 0. The minimum absolute atomic E-state index is 0. The molecule has 0 unspecified atom stereocenters. The Labute approximate surface area is 82.1 Å². The zero-order valence-corrected chi connectivity index (χ0v) is 8.60. The molecule has 10 heteroatoms. The van der Waals surface area contributed by atoms with E-state index in [9.17, 15) is 0 Å². The van der Waals surface area contributed by atoms with Gasteiger partial charge >= 0.3 is 29.6 Å². The standard InChI is InChI=1S/BrO4.Na.4H2O/c2-1(3,4)5;;;;;/h;;4*1H2/q-1;+1;;;;. The Morgan fingerprint density at radius 2 is 0.600 bits per heavy atom. The van der Waals surface area contributed by atoms with Gasteiger partial charge in [-0.25, -0.2) is 0 Å². The van der Waals surface area contributed by atoms with Gasteiger partial charge in [-0.2, -0.15) is 0 Å². The van der Waals surface area contributed by atoms with Crippen LogP contribution in [0, 0.1) is 14.1 Å². The molecule has 0 aliphatic rings. The fourth-order valence-corrected chi connectivity index (χ4v) is 0. The van der Waals surface area contributed by atoms with Crippen LogP contribution in [-0.4, -0.2) is 21.9 Å². The van der Waals surface area contributed by atoms with E-state index in [1.807, 2.05) is 0 Å². The molecule has 0 aromatic rings. The summed E-state index contributed by atoms with van der Waals surface area (Å²) in [5.74, 6) is 0. The smallest absolute Gasteiger partial charge is 0.412 e. The van der Waals surface area contributed by atoms with Crippen molar-refractivity contribution in [1.29, 1.82) is 0 Å². The van der Waals surface area contributed by atoms with Crippen molar-refractivity contribution >= 4 is 0 Å². The molecule has 0 atom stereocenters. The summed E-state index contributed by atoms with van der Waals surface area (Å²) in [6.45, 7) is 0. The normalized spacial score (nSPS) is 6.00. The molecule has 10 heavy (non-hydrogen) atoms. The van der Waals surface area contributed by atoms with Gasteiger partial charge in [0.05, 0.1) is 14.1 Å². The van der Waals surface area contributed by atoms with Crippen LogP contribution in [0.25, 0.3) is 0 Å². The average molecular weight is 239 g/mol. The van der Waals surface area contributed by atoms with Crippen molar-refractivity contribution in [1.82, 2.24) is 0 Å². The second kappa shape index (κ2) is 16.6. The summed E-state index contributed by atoms with van der Waals surface area (Å²) in [6, 6.07) is 0. The van der Waals surface area contributed by atoms with Crippen LogP contribution in [0.1, 0.15) is 0 Å². The Balaban J connectivity index is -0.00000000800. The molecule has 0 rings (SSSR count). The summed E-state index contributed by atoms with van der Waals surface area (Å²) in [5, 5.41) is 0. The molecule has 0 amide bonds. The van der Waals surface area contributed by atoms with Crippen molar-refractivity contribution in [2.75, 3.05) is 0 Å². The first kappa shape index (κ1) is 43.3. The molecule has 0 saturated carbocycles. The second-order valence-corrected chi connectivity index (χ2v) is 1.96. The van der Waals surface area contributed by atoms with E-state index >= 15 is 0 Å². The molecular weight excluding hydrogens is 231 g/mol. The van der Waals surface area contributed by atoms with Crippen LogP contribution in [0.15, 0.2) is 0 Å². The third kappa shape index (κ3) is 453. The van der Waals surface area contributed by atoms with E-state index in [-0.39, 0.29) is 51.5 Å².